The number of piperidine rings is 1. The maximum atomic E-state index is 12.8. The number of nitrogens with zero attached hydrogens (tertiary/aromatic N) is 1. The van der Waals surface area contributed by atoms with E-state index in [2.05, 4.69) is 5.32 Å². The van der Waals surface area contributed by atoms with Gasteiger partial charge in [0.05, 0.1) is 11.7 Å². The highest BCUT2D eigenvalue weighted by Crippen LogP contribution is 2.19. The third-order valence-electron chi connectivity index (χ3n) is 6.22. The van der Waals surface area contributed by atoms with Crippen molar-refractivity contribution in [2.75, 3.05) is 26.5 Å². The van der Waals surface area contributed by atoms with E-state index in [1.165, 1.54) is 24.3 Å². The minimum absolute atomic E-state index is 0.00263. The van der Waals surface area contributed by atoms with Gasteiger partial charge in [0, 0.05) is 36.6 Å². The highest BCUT2D eigenvalue weighted by atomic mass is 16.7. The zero-order valence-electron chi connectivity index (χ0n) is 22.0. The van der Waals surface area contributed by atoms with Crippen LogP contribution < -0.4 is 5.32 Å². The third kappa shape index (κ3) is 9.02. The average Bonchev–Trinajstić information content (AvgIpc) is 2.96. The number of carbonyl (C=O) groups is 5. The van der Waals surface area contributed by atoms with Gasteiger partial charge in [-0.1, -0.05) is 49.4 Å². The van der Waals surface area contributed by atoms with E-state index in [4.69, 9.17) is 24.7 Å². The number of aliphatic carboxylic acids is 1. The maximum absolute atomic E-state index is 12.8. The molecule has 0 saturated carbocycles. The van der Waals surface area contributed by atoms with E-state index < -0.39 is 30.7 Å². The molecular formula is C28H31N3O9. The first kappa shape index (κ1) is 30.0. The number of nitrogens with one attached hydrogen (secondary N) is 2. The summed E-state index contributed by atoms with van der Waals surface area (Å²) in [6.45, 7) is 1.55. The lowest BCUT2D eigenvalue weighted by atomic mass is 9.96. The Hall–Kier alpha value is -4.58. The van der Waals surface area contributed by atoms with Crippen LogP contribution in [-0.4, -0.2) is 78.2 Å². The average molecular weight is 554 g/mol. The molecule has 3 N–H and O–H groups in total. The minimum atomic E-state index is -1.03. The second kappa shape index (κ2) is 14.5. The molecule has 1 heterocycles. The molecule has 2 amide bonds. The molecule has 1 atom stereocenters. The number of likely N-dealkylation sites (tertiary alicyclic amines) is 1. The van der Waals surface area contributed by atoms with Gasteiger partial charge in [-0.25, -0.2) is 14.4 Å². The Morgan fingerprint density at radius 1 is 0.950 bits per heavy atom. The molecule has 212 valence electrons. The summed E-state index contributed by atoms with van der Waals surface area (Å²) in [5.41, 5.74) is 0.969. The zero-order valence-corrected chi connectivity index (χ0v) is 22.0. The van der Waals surface area contributed by atoms with Crippen LogP contribution in [0.25, 0.3) is 0 Å². The minimum Gasteiger partial charge on any atom is -0.480 e. The van der Waals surface area contributed by atoms with Crippen molar-refractivity contribution < 1.29 is 43.3 Å². The van der Waals surface area contributed by atoms with Crippen molar-refractivity contribution in [2.24, 2.45) is 5.92 Å². The summed E-state index contributed by atoms with van der Waals surface area (Å²) in [4.78, 5) is 61.6. The summed E-state index contributed by atoms with van der Waals surface area (Å²) < 4.78 is 14.9. The number of carbonyl (C=O) groups excluding carboxylic acids is 4. The number of carboxylic acid groups (broad SMARTS) is 1. The second-order valence-corrected chi connectivity index (χ2v) is 9.18. The monoisotopic (exact) mass is 553 g/mol. The summed E-state index contributed by atoms with van der Waals surface area (Å²) >= 11 is 0. The van der Waals surface area contributed by atoms with E-state index in [1.54, 1.807) is 42.2 Å². The lowest BCUT2D eigenvalue weighted by molar-refractivity contribution is -0.147. The number of alkyl carbamates (subject to hydrolysis) is 1. The number of amidine groups is 1. The van der Waals surface area contributed by atoms with Gasteiger partial charge in [-0.2, -0.15) is 0 Å². The largest absolute Gasteiger partial charge is 0.480 e. The first-order valence-electron chi connectivity index (χ1n) is 12.6. The Morgan fingerprint density at radius 3 is 2.20 bits per heavy atom. The van der Waals surface area contributed by atoms with Gasteiger partial charge in [0.2, 0.25) is 12.7 Å². The Labute approximate surface area is 230 Å². The third-order valence-corrected chi connectivity index (χ3v) is 6.22. The van der Waals surface area contributed by atoms with E-state index in [1.807, 2.05) is 0 Å². The van der Waals surface area contributed by atoms with Crippen LogP contribution in [0.1, 0.15) is 52.5 Å². The Kier molecular flexibility index (Phi) is 10.9. The molecule has 2 aromatic rings. The number of carboxylic acids is 1. The second-order valence-electron chi connectivity index (χ2n) is 9.18. The molecule has 0 aromatic heterocycles. The first-order chi connectivity index (χ1) is 19.1. The summed E-state index contributed by atoms with van der Waals surface area (Å²) in [5, 5.41) is 19.0. The fourth-order valence-electron chi connectivity index (χ4n) is 4.05. The molecule has 0 unspecified atom stereocenters. The summed E-state index contributed by atoms with van der Waals surface area (Å²) in [6, 6.07) is 14.2. The molecule has 12 heteroatoms. The number of amides is 2. The molecule has 3 rings (SSSR count). The number of ketones is 1. The van der Waals surface area contributed by atoms with Crippen molar-refractivity contribution in [3.8, 4) is 0 Å². The van der Waals surface area contributed by atoms with E-state index in [-0.39, 0.29) is 36.7 Å². The van der Waals surface area contributed by atoms with E-state index in [9.17, 15) is 24.0 Å². The van der Waals surface area contributed by atoms with E-state index in [0.29, 0.717) is 42.6 Å². The molecule has 1 fully saturated rings. The van der Waals surface area contributed by atoms with Gasteiger partial charge in [-0.15, -0.1) is 0 Å². The van der Waals surface area contributed by atoms with Crippen molar-refractivity contribution in [3.05, 3.63) is 71.3 Å². The quantitative estimate of drug-likeness (QED) is 0.124. The smallest absolute Gasteiger partial charge is 0.415 e. The molecule has 1 aliphatic rings. The predicted molar refractivity (Wildman–Crippen MR) is 141 cm³/mol. The molecular weight excluding hydrogens is 522 g/mol. The summed E-state index contributed by atoms with van der Waals surface area (Å²) in [5.74, 6) is -2.92. The van der Waals surface area contributed by atoms with Crippen LogP contribution in [0.2, 0.25) is 0 Å². The van der Waals surface area contributed by atoms with Gasteiger partial charge in [0.15, 0.2) is 5.78 Å². The highest BCUT2D eigenvalue weighted by Gasteiger charge is 2.28. The van der Waals surface area contributed by atoms with Crippen molar-refractivity contribution >= 4 is 35.6 Å². The SMILES string of the molecule is C[C@H](CC(=O)c1ccc(C(=N)NC(=O)OCOC(=O)c2ccccc2)cc1)C(=O)N1CCC(OCC(=O)O)CC1. The normalized spacial score (nSPS) is 14.1. The van der Waals surface area contributed by atoms with Crippen LogP contribution >= 0.6 is 0 Å². The fourth-order valence-corrected chi connectivity index (χ4v) is 4.05. The number of Topliss-reactive ketones (excluding diaryl/α,β-unsaturated/α-hetero) is 1. The molecule has 0 aliphatic carbocycles. The van der Waals surface area contributed by atoms with Gasteiger partial charge < -0.3 is 24.2 Å². The Morgan fingerprint density at radius 2 is 1.57 bits per heavy atom. The number of hydrogen-bond acceptors (Lipinski definition) is 9. The van der Waals surface area contributed by atoms with Crippen LogP contribution in [0, 0.1) is 11.3 Å². The van der Waals surface area contributed by atoms with Crippen molar-refractivity contribution in [2.45, 2.75) is 32.3 Å². The lowest BCUT2D eigenvalue weighted by Gasteiger charge is -2.33. The van der Waals surface area contributed by atoms with E-state index >= 15 is 0 Å². The van der Waals surface area contributed by atoms with Gasteiger partial charge >= 0.3 is 18.0 Å². The van der Waals surface area contributed by atoms with Crippen LogP contribution in [0.5, 0.6) is 0 Å². The van der Waals surface area contributed by atoms with Crippen LogP contribution in [0.4, 0.5) is 4.79 Å². The van der Waals surface area contributed by atoms with Crippen LogP contribution in [0.3, 0.4) is 0 Å². The molecule has 12 nitrogen and oxygen atoms in total. The van der Waals surface area contributed by atoms with Gasteiger partial charge in [0.1, 0.15) is 12.4 Å². The molecule has 0 radical (unpaired) electrons. The lowest BCUT2D eigenvalue weighted by Crippen LogP contribution is -2.43. The van der Waals surface area contributed by atoms with E-state index in [0.717, 1.165) is 0 Å². The van der Waals surface area contributed by atoms with Crippen molar-refractivity contribution in [3.63, 3.8) is 0 Å². The molecule has 0 bridgehead atoms. The van der Waals surface area contributed by atoms with Crippen molar-refractivity contribution in [1.29, 1.82) is 5.41 Å². The van der Waals surface area contributed by atoms with Gasteiger partial charge in [-0.3, -0.25) is 20.3 Å². The molecule has 2 aromatic carbocycles. The van der Waals surface area contributed by atoms with Crippen LogP contribution in [0.15, 0.2) is 54.6 Å². The number of ether oxygens (including phenoxy) is 3. The molecule has 1 aliphatic heterocycles. The van der Waals surface area contributed by atoms with Crippen molar-refractivity contribution in [1.82, 2.24) is 10.2 Å². The number of hydrogen-bond donors (Lipinski definition) is 3. The summed E-state index contributed by atoms with van der Waals surface area (Å²) in [6.07, 6.45) is -0.128. The number of benzene rings is 2. The number of rotatable bonds is 11. The Bertz CT molecular complexity index is 1220. The number of esters is 1. The molecule has 40 heavy (non-hydrogen) atoms. The molecule has 0 spiro atoms. The topological polar surface area (TPSA) is 172 Å². The van der Waals surface area contributed by atoms with Gasteiger partial charge in [0.25, 0.3) is 0 Å². The zero-order chi connectivity index (χ0) is 29.1. The van der Waals surface area contributed by atoms with Gasteiger partial charge in [-0.05, 0) is 25.0 Å². The Balaban J connectivity index is 1.40. The predicted octanol–water partition coefficient (Wildman–Crippen LogP) is 2.85. The maximum Gasteiger partial charge on any atom is 0.415 e. The standard InChI is InChI=1S/C28H31N3O9/c1-18(26(35)31-13-11-22(12-14-31)38-16-24(33)34)15-23(32)19-7-9-20(10-8-19)25(29)30-28(37)40-17-39-27(36)21-5-3-2-4-6-21/h2-10,18,22H,11-17H2,1H3,(H,33,34)(H2,29,30,37)/t18-/m1/s1. The fraction of sp³-hybridized carbons (Fsp3) is 0.357. The summed E-state index contributed by atoms with van der Waals surface area (Å²) in [7, 11) is 0. The first-order valence-corrected chi connectivity index (χ1v) is 12.6. The molecule has 1 saturated heterocycles. The highest BCUT2D eigenvalue weighted by molar-refractivity contribution is 6.05. The van der Waals surface area contributed by atoms with Crippen LogP contribution in [-0.2, 0) is 23.8 Å².